The summed E-state index contributed by atoms with van der Waals surface area (Å²) in [5, 5.41) is 2.07. The van der Waals surface area contributed by atoms with E-state index in [0.717, 1.165) is 12.1 Å². The van der Waals surface area contributed by atoms with E-state index in [9.17, 15) is 18.4 Å². The molecule has 2 aromatic rings. The van der Waals surface area contributed by atoms with Crippen molar-refractivity contribution in [2.24, 2.45) is 0 Å². The number of halogens is 3. The predicted octanol–water partition coefficient (Wildman–Crippen LogP) is 5.59. The number of amides is 1. The number of hydrogen-bond donors (Lipinski definition) is 1. The van der Waals surface area contributed by atoms with Crippen LogP contribution in [-0.4, -0.2) is 42.5 Å². The lowest BCUT2D eigenvalue weighted by Gasteiger charge is -2.30. The first-order valence-corrected chi connectivity index (χ1v) is 11.2. The Labute approximate surface area is 193 Å². The minimum Gasteiger partial charge on any atom is -0.461 e. The topological polar surface area (TPSA) is 86.8 Å². The number of carbonyl (C=O) groups excluding carboxylic acids is 2. The Morgan fingerprint density at radius 2 is 1.82 bits per heavy atom. The molecule has 0 radical (unpaired) electrons. The van der Waals surface area contributed by atoms with E-state index in [-0.39, 0.29) is 53.9 Å². The van der Waals surface area contributed by atoms with Crippen LogP contribution in [0.15, 0.2) is 12.1 Å². The summed E-state index contributed by atoms with van der Waals surface area (Å²) in [4.78, 5) is 28.5. The zero-order chi connectivity index (χ0) is 24.4. The quantitative estimate of drug-likeness (QED) is 0.555. The minimum atomic E-state index is -1.90. The molecule has 1 saturated heterocycles. The van der Waals surface area contributed by atoms with Crippen LogP contribution < -0.4 is 5.32 Å². The molecule has 1 aliphatic heterocycles. The highest BCUT2D eigenvalue weighted by atomic mass is 32.1. The molecular weight excluding hydrogens is 461 g/mol. The average molecular weight is 487 g/mol. The van der Waals surface area contributed by atoms with Crippen molar-refractivity contribution in [2.75, 3.05) is 25.1 Å². The molecule has 0 bridgehead atoms. The van der Waals surface area contributed by atoms with Crippen LogP contribution >= 0.6 is 11.3 Å². The van der Waals surface area contributed by atoms with Gasteiger partial charge in [-0.15, -0.1) is 0 Å². The number of anilines is 1. The summed E-state index contributed by atoms with van der Waals surface area (Å²) in [5.41, 5.74) is -3.71. The van der Waals surface area contributed by atoms with Gasteiger partial charge in [-0.05, 0) is 45.4 Å². The summed E-state index contributed by atoms with van der Waals surface area (Å²) >= 11 is 0.672. The van der Waals surface area contributed by atoms with Crippen LogP contribution in [0.1, 0.15) is 56.6 Å². The third kappa shape index (κ3) is 5.83. The fraction of sp³-hybridized carbons (Fsp3) is 0.500. The zero-order valence-corrected chi connectivity index (χ0v) is 19.5. The molecule has 3 rings (SSSR count). The van der Waals surface area contributed by atoms with Gasteiger partial charge in [0, 0.05) is 26.1 Å². The number of carbonyl (C=O) groups is 2. The first-order chi connectivity index (χ1) is 15.4. The molecule has 11 heteroatoms. The Kier molecular flexibility index (Phi) is 7.32. The maximum atomic E-state index is 15.2. The molecular formula is C22H25F3N2O5S. The molecule has 2 heterocycles. The Morgan fingerprint density at radius 1 is 1.21 bits per heavy atom. The van der Waals surface area contributed by atoms with Gasteiger partial charge in [0.25, 0.3) is 0 Å². The summed E-state index contributed by atoms with van der Waals surface area (Å²) in [6.07, 6.45) is -0.905. The third-order valence-electron chi connectivity index (χ3n) is 4.77. The van der Waals surface area contributed by atoms with E-state index in [1.165, 1.54) is 0 Å². The molecule has 0 unspecified atom stereocenters. The second-order valence-electron chi connectivity index (χ2n) is 8.44. The van der Waals surface area contributed by atoms with E-state index in [1.54, 1.807) is 27.7 Å². The molecule has 1 N–H and O–H groups in total. The molecule has 1 aliphatic rings. The second kappa shape index (κ2) is 9.68. The predicted molar refractivity (Wildman–Crippen MR) is 116 cm³/mol. The lowest BCUT2D eigenvalue weighted by Crippen LogP contribution is -2.29. The van der Waals surface area contributed by atoms with Gasteiger partial charge in [-0.1, -0.05) is 11.3 Å². The molecule has 0 aliphatic carbocycles. The van der Waals surface area contributed by atoms with Crippen molar-refractivity contribution in [3.63, 3.8) is 0 Å². The number of hydrogen-bond acceptors (Lipinski definition) is 7. The number of rotatable bonds is 5. The number of aromatic nitrogens is 1. The molecule has 0 atom stereocenters. The van der Waals surface area contributed by atoms with Crippen molar-refractivity contribution in [2.45, 2.75) is 51.8 Å². The van der Waals surface area contributed by atoms with Gasteiger partial charge in [0.1, 0.15) is 32.9 Å². The molecule has 180 valence electrons. The summed E-state index contributed by atoms with van der Waals surface area (Å²) in [7, 11) is 0. The number of thiazole rings is 1. The van der Waals surface area contributed by atoms with Gasteiger partial charge >= 0.3 is 12.1 Å². The van der Waals surface area contributed by atoms with Crippen molar-refractivity contribution >= 4 is 28.4 Å². The van der Waals surface area contributed by atoms with Crippen LogP contribution in [-0.2, 0) is 19.9 Å². The lowest BCUT2D eigenvalue weighted by atomic mass is 9.87. The third-order valence-corrected chi connectivity index (χ3v) is 5.76. The van der Waals surface area contributed by atoms with E-state index in [2.05, 4.69) is 10.3 Å². The van der Waals surface area contributed by atoms with Crippen molar-refractivity contribution in [1.82, 2.24) is 4.98 Å². The molecule has 1 aromatic heterocycles. The van der Waals surface area contributed by atoms with E-state index < -0.39 is 40.5 Å². The van der Waals surface area contributed by atoms with Gasteiger partial charge in [-0.2, -0.15) is 0 Å². The average Bonchev–Trinajstić information content (AvgIpc) is 3.09. The zero-order valence-electron chi connectivity index (χ0n) is 18.7. The number of esters is 1. The number of alkyl halides is 1. The highest BCUT2D eigenvalue weighted by Gasteiger charge is 2.36. The summed E-state index contributed by atoms with van der Waals surface area (Å²) in [6.45, 7) is 6.86. The maximum Gasteiger partial charge on any atom is 0.412 e. The number of nitrogens with zero attached hydrogens (tertiary/aromatic N) is 1. The summed E-state index contributed by atoms with van der Waals surface area (Å²) in [5.74, 6) is -2.96. The highest BCUT2D eigenvalue weighted by Crippen LogP contribution is 2.41. The van der Waals surface area contributed by atoms with Gasteiger partial charge in [0.15, 0.2) is 5.69 Å². The molecule has 1 fully saturated rings. The Hall–Kier alpha value is -2.66. The smallest absolute Gasteiger partial charge is 0.412 e. The molecule has 0 spiro atoms. The molecule has 0 saturated carbocycles. The minimum absolute atomic E-state index is 0.0144. The van der Waals surface area contributed by atoms with Gasteiger partial charge in [0.05, 0.1) is 12.2 Å². The van der Waals surface area contributed by atoms with Crippen LogP contribution in [0.5, 0.6) is 0 Å². The van der Waals surface area contributed by atoms with Crippen molar-refractivity contribution in [1.29, 1.82) is 0 Å². The molecule has 7 nitrogen and oxygen atoms in total. The number of nitrogens with one attached hydrogen (secondary N) is 1. The highest BCUT2D eigenvalue weighted by molar-refractivity contribution is 7.19. The van der Waals surface area contributed by atoms with E-state index in [4.69, 9.17) is 14.2 Å². The van der Waals surface area contributed by atoms with Crippen LogP contribution in [0.4, 0.5) is 23.0 Å². The fourth-order valence-electron chi connectivity index (χ4n) is 3.27. The second-order valence-corrected chi connectivity index (χ2v) is 9.44. The number of ether oxygens (including phenoxy) is 3. The van der Waals surface area contributed by atoms with E-state index in [0.29, 0.717) is 11.3 Å². The van der Waals surface area contributed by atoms with Crippen molar-refractivity contribution in [3.05, 3.63) is 35.0 Å². The van der Waals surface area contributed by atoms with Gasteiger partial charge in [-0.25, -0.2) is 27.7 Å². The van der Waals surface area contributed by atoms with Gasteiger partial charge in [-0.3, -0.25) is 5.32 Å². The summed E-state index contributed by atoms with van der Waals surface area (Å²) in [6, 6.07) is 1.85. The first kappa shape index (κ1) is 25.0. The van der Waals surface area contributed by atoms with Gasteiger partial charge in [0.2, 0.25) is 0 Å². The Morgan fingerprint density at radius 3 is 2.36 bits per heavy atom. The normalized spacial score (nSPS) is 15.7. The van der Waals surface area contributed by atoms with Crippen molar-refractivity contribution < 1.29 is 37.0 Å². The Balaban J connectivity index is 2.00. The SMILES string of the molecule is CCOC(=O)c1nc(-c2c(F)cc(C3(F)CCOCC3)cc2F)sc1NC(=O)OC(C)(C)C. The van der Waals surface area contributed by atoms with E-state index >= 15 is 4.39 Å². The fourth-order valence-corrected chi connectivity index (χ4v) is 4.25. The number of benzene rings is 1. The molecule has 1 amide bonds. The van der Waals surface area contributed by atoms with Crippen LogP contribution in [0.25, 0.3) is 10.6 Å². The molecule has 1 aromatic carbocycles. The largest absolute Gasteiger partial charge is 0.461 e. The molecule has 33 heavy (non-hydrogen) atoms. The van der Waals surface area contributed by atoms with E-state index in [1.807, 2.05) is 0 Å². The van der Waals surface area contributed by atoms with Crippen LogP contribution in [0.3, 0.4) is 0 Å². The summed E-state index contributed by atoms with van der Waals surface area (Å²) < 4.78 is 60.4. The monoisotopic (exact) mass is 486 g/mol. The van der Waals surface area contributed by atoms with Crippen LogP contribution in [0.2, 0.25) is 0 Å². The Bertz CT molecular complexity index is 1020. The van der Waals surface area contributed by atoms with Crippen molar-refractivity contribution in [3.8, 4) is 10.6 Å². The standard InChI is InChI=1S/C22H25F3N2O5S/c1-5-31-19(28)16-18(27-20(29)32-21(2,3)4)33-17(26-16)15-13(23)10-12(11-14(15)24)22(25)6-8-30-9-7-22/h10-11H,5-9H2,1-4H3,(H,27,29). The lowest BCUT2D eigenvalue weighted by molar-refractivity contribution is -0.0117. The van der Waals surface area contributed by atoms with Crippen LogP contribution in [0, 0.1) is 11.6 Å². The first-order valence-electron chi connectivity index (χ1n) is 10.4. The van der Waals surface area contributed by atoms with Gasteiger partial charge < -0.3 is 14.2 Å². The maximum absolute atomic E-state index is 15.2.